The second-order valence-corrected chi connectivity index (χ2v) is 6.30. The maximum absolute atomic E-state index is 12.2. The van der Waals surface area contributed by atoms with Crippen LogP contribution >= 0.6 is 11.3 Å². The second kappa shape index (κ2) is 6.52. The average molecular weight is 329 g/mol. The molecule has 2 heterocycles. The molecule has 6 heteroatoms. The van der Waals surface area contributed by atoms with Crippen molar-refractivity contribution < 1.29 is 9.90 Å². The van der Waals surface area contributed by atoms with Crippen molar-refractivity contribution in [2.24, 2.45) is 7.05 Å². The Labute approximate surface area is 138 Å². The number of aliphatic hydroxyl groups excluding tert-OH is 1. The van der Waals surface area contributed by atoms with Crippen molar-refractivity contribution in [3.05, 3.63) is 41.4 Å². The summed E-state index contributed by atoms with van der Waals surface area (Å²) in [4.78, 5) is 16.7. The van der Waals surface area contributed by atoms with Crippen LogP contribution in [0.5, 0.6) is 0 Å². The molecule has 0 saturated heterocycles. The predicted molar refractivity (Wildman–Crippen MR) is 92.7 cm³/mol. The molecule has 3 rings (SSSR count). The molecule has 0 aliphatic carbocycles. The molecule has 0 spiro atoms. The van der Waals surface area contributed by atoms with Gasteiger partial charge in [0.15, 0.2) is 0 Å². The lowest BCUT2D eigenvalue weighted by Gasteiger charge is -2.12. The lowest BCUT2D eigenvalue weighted by molar-refractivity contribution is 0.0910. The largest absolute Gasteiger partial charge is 0.394 e. The van der Waals surface area contributed by atoms with Crippen molar-refractivity contribution in [1.82, 2.24) is 14.9 Å². The zero-order chi connectivity index (χ0) is 16.4. The first kappa shape index (κ1) is 15.7. The van der Waals surface area contributed by atoms with Gasteiger partial charge >= 0.3 is 0 Å². The third kappa shape index (κ3) is 3.00. The van der Waals surface area contributed by atoms with Crippen molar-refractivity contribution in [2.75, 3.05) is 6.61 Å². The Morgan fingerprint density at radius 2 is 2.22 bits per heavy atom. The number of amides is 1. The summed E-state index contributed by atoms with van der Waals surface area (Å²) in [6.07, 6.45) is 0.683. The van der Waals surface area contributed by atoms with Crippen LogP contribution in [-0.4, -0.2) is 33.2 Å². The first-order valence-electron chi connectivity index (χ1n) is 7.56. The van der Waals surface area contributed by atoms with E-state index in [9.17, 15) is 9.90 Å². The van der Waals surface area contributed by atoms with E-state index in [0.717, 1.165) is 21.6 Å². The molecule has 2 aromatic heterocycles. The van der Waals surface area contributed by atoms with E-state index in [1.165, 1.54) is 11.3 Å². The molecular formula is C17H19N3O2S. The molecule has 1 unspecified atom stereocenters. The van der Waals surface area contributed by atoms with Gasteiger partial charge in [0.1, 0.15) is 10.7 Å². The highest BCUT2D eigenvalue weighted by molar-refractivity contribution is 7.13. The number of para-hydroxylation sites is 1. The molecule has 0 aliphatic rings. The Morgan fingerprint density at radius 1 is 1.43 bits per heavy atom. The fraction of sp³-hybridized carbons (Fsp3) is 0.294. The molecule has 1 amide bonds. The first-order valence-corrected chi connectivity index (χ1v) is 8.44. The van der Waals surface area contributed by atoms with Gasteiger partial charge in [0, 0.05) is 23.3 Å². The summed E-state index contributed by atoms with van der Waals surface area (Å²) in [7, 11) is 2.00. The molecule has 0 radical (unpaired) electrons. The van der Waals surface area contributed by atoms with Crippen LogP contribution in [0.3, 0.4) is 0 Å². The van der Waals surface area contributed by atoms with Crippen molar-refractivity contribution in [3.8, 4) is 10.7 Å². The molecule has 120 valence electrons. The molecule has 2 N–H and O–H groups in total. The topological polar surface area (TPSA) is 67.2 Å². The molecule has 1 atom stereocenters. The van der Waals surface area contributed by atoms with Crippen LogP contribution in [0.25, 0.3) is 21.6 Å². The molecule has 23 heavy (non-hydrogen) atoms. The quantitative estimate of drug-likeness (QED) is 0.756. The van der Waals surface area contributed by atoms with Gasteiger partial charge in [-0.25, -0.2) is 4.98 Å². The number of aromatic nitrogens is 2. The summed E-state index contributed by atoms with van der Waals surface area (Å²) < 4.78 is 2.08. The summed E-state index contributed by atoms with van der Waals surface area (Å²) in [5, 5.41) is 15.7. The summed E-state index contributed by atoms with van der Waals surface area (Å²) in [6, 6.07) is 9.99. The van der Waals surface area contributed by atoms with E-state index in [-0.39, 0.29) is 18.6 Å². The highest BCUT2D eigenvalue weighted by atomic mass is 32.1. The molecule has 0 aliphatic heterocycles. The molecule has 0 fully saturated rings. The van der Waals surface area contributed by atoms with Gasteiger partial charge in [-0.1, -0.05) is 25.1 Å². The average Bonchev–Trinajstić information content (AvgIpc) is 3.18. The second-order valence-electron chi connectivity index (χ2n) is 5.45. The van der Waals surface area contributed by atoms with Gasteiger partial charge < -0.3 is 15.0 Å². The van der Waals surface area contributed by atoms with Crippen molar-refractivity contribution >= 4 is 28.1 Å². The van der Waals surface area contributed by atoms with Crippen molar-refractivity contribution in [3.63, 3.8) is 0 Å². The minimum atomic E-state index is -0.243. The van der Waals surface area contributed by atoms with Crippen LogP contribution < -0.4 is 5.32 Å². The summed E-state index contributed by atoms with van der Waals surface area (Å²) >= 11 is 1.45. The highest BCUT2D eigenvalue weighted by Crippen LogP contribution is 2.29. The maximum atomic E-state index is 12.2. The van der Waals surface area contributed by atoms with E-state index in [1.54, 1.807) is 5.38 Å². The molecule has 0 bridgehead atoms. The fourth-order valence-electron chi connectivity index (χ4n) is 2.53. The Kier molecular flexibility index (Phi) is 4.45. The molecule has 5 nitrogen and oxygen atoms in total. The third-order valence-corrected chi connectivity index (χ3v) is 4.82. The van der Waals surface area contributed by atoms with Gasteiger partial charge in [-0.05, 0) is 18.6 Å². The van der Waals surface area contributed by atoms with Crippen LogP contribution in [0.2, 0.25) is 0 Å². The number of nitrogens with one attached hydrogen (secondary N) is 1. The number of hydrogen-bond donors (Lipinski definition) is 2. The standard InChI is InChI=1S/C17H19N3O2S/c1-3-12(9-21)18-16(22)13-10-23-17(19-13)15-8-11-6-4-5-7-14(11)20(15)2/h4-8,10,12,21H,3,9H2,1-2H3,(H,18,22). The highest BCUT2D eigenvalue weighted by Gasteiger charge is 2.17. The Morgan fingerprint density at radius 3 is 2.91 bits per heavy atom. The van der Waals surface area contributed by atoms with Gasteiger partial charge in [-0.15, -0.1) is 11.3 Å². The van der Waals surface area contributed by atoms with E-state index in [0.29, 0.717) is 12.1 Å². The number of fused-ring (bicyclic) bond motifs is 1. The van der Waals surface area contributed by atoms with Crippen LogP contribution in [0.4, 0.5) is 0 Å². The smallest absolute Gasteiger partial charge is 0.271 e. The fourth-order valence-corrected chi connectivity index (χ4v) is 3.38. The van der Waals surface area contributed by atoms with E-state index in [1.807, 2.05) is 26.1 Å². The lowest BCUT2D eigenvalue weighted by Crippen LogP contribution is -2.37. The number of aryl methyl sites for hydroxylation is 1. The SMILES string of the molecule is CCC(CO)NC(=O)c1csc(-c2cc3ccccc3n2C)n1. The van der Waals surface area contributed by atoms with Crippen LogP contribution in [0, 0.1) is 0 Å². The summed E-state index contributed by atoms with van der Waals surface area (Å²) in [5.41, 5.74) is 2.52. The normalized spacial score (nSPS) is 12.5. The van der Waals surface area contributed by atoms with E-state index >= 15 is 0 Å². The number of carbonyl (C=O) groups excluding carboxylic acids is 1. The minimum absolute atomic E-state index is 0.0670. The zero-order valence-corrected chi connectivity index (χ0v) is 13.9. The van der Waals surface area contributed by atoms with E-state index in [4.69, 9.17) is 0 Å². The molecular weight excluding hydrogens is 310 g/mol. The number of nitrogens with zero attached hydrogens (tertiary/aromatic N) is 2. The Balaban J connectivity index is 1.89. The Bertz CT molecular complexity index is 833. The van der Waals surface area contributed by atoms with Crippen LogP contribution in [0.15, 0.2) is 35.7 Å². The zero-order valence-electron chi connectivity index (χ0n) is 13.1. The summed E-state index contributed by atoms with van der Waals surface area (Å²) in [5.74, 6) is -0.243. The third-order valence-electron chi connectivity index (χ3n) is 3.96. The number of carbonyl (C=O) groups is 1. The number of rotatable bonds is 5. The van der Waals surface area contributed by atoms with Crippen LogP contribution in [-0.2, 0) is 7.05 Å². The number of benzene rings is 1. The van der Waals surface area contributed by atoms with Gasteiger partial charge in [0.2, 0.25) is 0 Å². The monoisotopic (exact) mass is 329 g/mol. The van der Waals surface area contributed by atoms with Crippen molar-refractivity contribution in [1.29, 1.82) is 0 Å². The Hall–Kier alpha value is -2.18. The van der Waals surface area contributed by atoms with Gasteiger partial charge in [0.05, 0.1) is 18.3 Å². The lowest BCUT2D eigenvalue weighted by atomic mass is 10.2. The molecule has 3 aromatic rings. The van der Waals surface area contributed by atoms with Crippen LogP contribution in [0.1, 0.15) is 23.8 Å². The summed E-state index contributed by atoms with van der Waals surface area (Å²) in [6.45, 7) is 1.85. The number of thiazole rings is 1. The van der Waals surface area contributed by atoms with E-state index < -0.39 is 0 Å². The number of aliphatic hydroxyl groups is 1. The predicted octanol–water partition coefficient (Wildman–Crippen LogP) is 2.80. The molecule has 1 aromatic carbocycles. The molecule has 0 saturated carbocycles. The van der Waals surface area contributed by atoms with E-state index in [2.05, 4.69) is 33.1 Å². The van der Waals surface area contributed by atoms with Gasteiger partial charge in [-0.3, -0.25) is 4.79 Å². The number of hydrogen-bond acceptors (Lipinski definition) is 4. The van der Waals surface area contributed by atoms with Crippen molar-refractivity contribution in [2.45, 2.75) is 19.4 Å². The van der Waals surface area contributed by atoms with Gasteiger partial charge in [0.25, 0.3) is 5.91 Å². The van der Waals surface area contributed by atoms with Gasteiger partial charge in [-0.2, -0.15) is 0 Å². The maximum Gasteiger partial charge on any atom is 0.271 e. The first-order chi connectivity index (χ1) is 11.1. The minimum Gasteiger partial charge on any atom is -0.394 e.